The van der Waals surface area contributed by atoms with Gasteiger partial charge in [-0.2, -0.15) is 0 Å². The number of thiazole rings is 1. The lowest BCUT2D eigenvalue weighted by Gasteiger charge is -2.22. The number of carbonyl (C=O) groups is 1. The van der Waals surface area contributed by atoms with Crippen LogP contribution in [0, 0.1) is 6.92 Å². The van der Waals surface area contributed by atoms with Gasteiger partial charge in [0.2, 0.25) is 0 Å². The minimum atomic E-state index is 0.0134. The Labute approximate surface area is 211 Å². The first-order valence-electron chi connectivity index (χ1n) is 12.3. The molecule has 1 aliphatic carbocycles. The second kappa shape index (κ2) is 12.2. The number of nitrogens with one attached hydrogen (secondary N) is 1. The van der Waals surface area contributed by atoms with E-state index in [1.165, 1.54) is 19.3 Å². The number of benzene rings is 1. The molecule has 188 valence electrons. The van der Waals surface area contributed by atoms with Crippen molar-refractivity contribution < 1.29 is 19.0 Å². The highest BCUT2D eigenvalue weighted by atomic mass is 32.1. The summed E-state index contributed by atoms with van der Waals surface area (Å²) in [4.78, 5) is 18.0. The molecule has 0 unspecified atom stereocenters. The Morgan fingerprint density at radius 3 is 2.60 bits per heavy atom. The van der Waals surface area contributed by atoms with E-state index in [2.05, 4.69) is 9.88 Å². The van der Waals surface area contributed by atoms with Gasteiger partial charge in [-0.15, -0.1) is 11.3 Å². The van der Waals surface area contributed by atoms with Crippen molar-refractivity contribution in [3.05, 3.63) is 52.0 Å². The molecule has 0 atom stereocenters. The third kappa shape index (κ3) is 6.44. The first-order chi connectivity index (χ1) is 17.1. The molecule has 1 N–H and O–H groups in total. The number of ether oxygens (including phenoxy) is 3. The predicted molar refractivity (Wildman–Crippen MR) is 138 cm³/mol. The normalized spacial score (nSPS) is 14.1. The van der Waals surface area contributed by atoms with Gasteiger partial charge in [-0.3, -0.25) is 4.79 Å². The summed E-state index contributed by atoms with van der Waals surface area (Å²) < 4.78 is 18.6. The summed E-state index contributed by atoms with van der Waals surface area (Å²) in [5, 5.41) is 6.18. The number of aromatic nitrogens is 2. The number of hydrogen-bond acceptors (Lipinski definition) is 6. The van der Waals surface area contributed by atoms with Gasteiger partial charge in [-0.05, 0) is 56.5 Å². The van der Waals surface area contributed by atoms with E-state index in [1.54, 1.807) is 25.6 Å². The Kier molecular flexibility index (Phi) is 8.82. The number of nitrogens with zero attached hydrogens (tertiary/aromatic N) is 2. The predicted octanol–water partition coefficient (Wildman–Crippen LogP) is 5.61. The van der Waals surface area contributed by atoms with Crippen LogP contribution in [0.4, 0.5) is 0 Å². The molecule has 8 heteroatoms. The van der Waals surface area contributed by atoms with Gasteiger partial charge in [0.15, 0.2) is 0 Å². The van der Waals surface area contributed by atoms with Gasteiger partial charge >= 0.3 is 0 Å². The molecule has 3 aromatic rings. The van der Waals surface area contributed by atoms with Gasteiger partial charge in [0, 0.05) is 37.4 Å². The van der Waals surface area contributed by atoms with E-state index in [1.807, 2.05) is 42.6 Å². The van der Waals surface area contributed by atoms with Crippen LogP contribution in [0.1, 0.15) is 59.6 Å². The third-order valence-corrected chi connectivity index (χ3v) is 7.34. The molecule has 2 heterocycles. The lowest BCUT2D eigenvalue weighted by molar-refractivity contribution is 0.0927. The molecule has 0 aliphatic heterocycles. The summed E-state index contributed by atoms with van der Waals surface area (Å²) in [6.45, 7) is 3.83. The van der Waals surface area contributed by atoms with Crippen molar-refractivity contribution in [1.82, 2.24) is 14.9 Å². The fraction of sp³-hybridized carbons (Fsp3) is 0.481. The Hall–Kier alpha value is -2.84. The third-order valence-electron chi connectivity index (χ3n) is 6.52. The first-order valence-corrected chi connectivity index (χ1v) is 13.2. The van der Waals surface area contributed by atoms with E-state index in [4.69, 9.17) is 19.2 Å². The molecule has 35 heavy (non-hydrogen) atoms. The minimum Gasteiger partial charge on any atom is -0.497 e. The maximum atomic E-state index is 13.2. The van der Waals surface area contributed by atoms with Crippen molar-refractivity contribution in [3.8, 4) is 22.9 Å². The standard InChI is InChI=1S/C27H35N3O4S/c1-19-23(27(31)28-20-8-5-4-6-9-20)16-25(30(19)14-7-15-32-2)24-18-35-26(29-24)17-34-22-12-10-21(33-3)11-13-22/h10-13,16,18,20H,4-9,14-15,17H2,1-3H3,(H,28,31). The molecule has 0 spiro atoms. The second-order valence-electron chi connectivity index (χ2n) is 8.93. The van der Waals surface area contributed by atoms with Crippen molar-refractivity contribution >= 4 is 17.2 Å². The van der Waals surface area contributed by atoms with Crippen molar-refractivity contribution in [2.24, 2.45) is 0 Å². The van der Waals surface area contributed by atoms with Crippen molar-refractivity contribution in [3.63, 3.8) is 0 Å². The smallest absolute Gasteiger partial charge is 0.253 e. The Balaban J connectivity index is 1.51. The van der Waals surface area contributed by atoms with Gasteiger partial charge in [0.25, 0.3) is 5.91 Å². The van der Waals surface area contributed by atoms with Crippen LogP contribution >= 0.6 is 11.3 Å². The zero-order valence-electron chi connectivity index (χ0n) is 20.8. The average molecular weight is 498 g/mol. The van der Waals surface area contributed by atoms with E-state index < -0.39 is 0 Å². The number of methoxy groups -OCH3 is 2. The molecule has 2 aromatic heterocycles. The molecular weight excluding hydrogens is 462 g/mol. The molecule has 1 aliphatic rings. The van der Waals surface area contributed by atoms with Gasteiger partial charge in [-0.1, -0.05) is 19.3 Å². The van der Waals surface area contributed by atoms with Crippen LogP contribution in [-0.4, -0.2) is 42.3 Å². The van der Waals surface area contributed by atoms with E-state index in [-0.39, 0.29) is 11.9 Å². The van der Waals surface area contributed by atoms with E-state index in [0.717, 1.165) is 65.0 Å². The first kappa shape index (κ1) is 25.3. The molecule has 0 radical (unpaired) electrons. The monoisotopic (exact) mass is 497 g/mol. The van der Waals surface area contributed by atoms with Crippen molar-refractivity contribution in [2.75, 3.05) is 20.8 Å². The largest absolute Gasteiger partial charge is 0.497 e. The van der Waals surface area contributed by atoms with Gasteiger partial charge in [0.05, 0.1) is 24.1 Å². The quantitative estimate of drug-likeness (QED) is 0.349. The summed E-state index contributed by atoms with van der Waals surface area (Å²) >= 11 is 1.56. The maximum absolute atomic E-state index is 13.2. The molecule has 1 amide bonds. The fourth-order valence-electron chi connectivity index (χ4n) is 4.56. The van der Waals surface area contributed by atoms with Crippen LogP contribution in [0.25, 0.3) is 11.4 Å². The van der Waals surface area contributed by atoms with Crippen LogP contribution < -0.4 is 14.8 Å². The highest BCUT2D eigenvalue weighted by molar-refractivity contribution is 7.09. The zero-order valence-corrected chi connectivity index (χ0v) is 21.7. The van der Waals surface area contributed by atoms with Crippen molar-refractivity contribution in [2.45, 2.75) is 64.6 Å². The number of hydrogen-bond donors (Lipinski definition) is 1. The molecule has 4 rings (SSSR count). The molecule has 0 bridgehead atoms. The summed E-state index contributed by atoms with van der Waals surface area (Å²) in [6.07, 6.45) is 6.63. The van der Waals surface area contributed by atoms with Crippen LogP contribution in [0.2, 0.25) is 0 Å². The molecular formula is C27H35N3O4S. The Morgan fingerprint density at radius 2 is 1.89 bits per heavy atom. The van der Waals surface area contributed by atoms with E-state index >= 15 is 0 Å². The van der Waals surface area contributed by atoms with Gasteiger partial charge in [-0.25, -0.2) is 4.98 Å². The van der Waals surface area contributed by atoms with Crippen LogP contribution in [0.3, 0.4) is 0 Å². The zero-order chi connectivity index (χ0) is 24.6. The number of amides is 1. The number of carbonyl (C=O) groups excluding carboxylic acids is 1. The van der Waals surface area contributed by atoms with Crippen LogP contribution in [-0.2, 0) is 17.9 Å². The van der Waals surface area contributed by atoms with Gasteiger partial charge in [0.1, 0.15) is 23.1 Å². The van der Waals surface area contributed by atoms with Crippen LogP contribution in [0.5, 0.6) is 11.5 Å². The highest BCUT2D eigenvalue weighted by Gasteiger charge is 2.23. The second-order valence-corrected chi connectivity index (χ2v) is 9.87. The highest BCUT2D eigenvalue weighted by Crippen LogP contribution is 2.29. The SMILES string of the molecule is COCCCn1c(-c2csc(COc3ccc(OC)cc3)n2)cc(C(=O)NC2CCCCC2)c1C. The minimum absolute atomic E-state index is 0.0134. The summed E-state index contributed by atoms with van der Waals surface area (Å²) in [5.74, 6) is 1.57. The van der Waals surface area contributed by atoms with Crippen molar-refractivity contribution in [1.29, 1.82) is 0 Å². The molecule has 0 saturated heterocycles. The molecule has 1 saturated carbocycles. The van der Waals surface area contributed by atoms with E-state index in [0.29, 0.717) is 13.2 Å². The molecule has 1 fully saturated rings. The summed E-state index contributed by atoms with van der Waals surface area (Å²) in [5.41, 5.74) is 3.51. The number of rotatable bonds is 11. The molecule has 1 aromatic carbocycles. The van der Waals surface area contributed by atoms with Crippen LogP contribution in [0.15, 0.2) is 35.7 Å². The van der Waals surface area contributed by atoms with Gasteiger partial charge < -0.3 is 24.1 Å². The summed E-state index contributed by atoms with van der Waals surface area (Å²) in [6, 6.07) is 9.78. The Bertz CT molecular complexity index is 1100. The average Bonchev–Trinajstić information content (AvgIpc) is 3.48. The molecule has 7 nitrogen and oxygen atoms in total. The maximum Gasteiger partial charge on any atom is 0.253 e. The summed E-state index contributed by atoms with van der Waals surface area (Å²) in [7, 11) is 3.35. The Morgan fingerprint density at radius 1 is 1.14 bits per heavy atom. The van der Waals surface area contributed by atoms with E-state index in [9.17, 15) is 4.79 Å². The fourth-order valence-corrected chi connectivity index (χ4v) is 5.26. The lowest BCUT2D eigenvalue weighted by atomic mass is 9.95. The lowest BCUT2D eigenvalue weighted by Crippen LogP contribution is -2.36. The topological polar surface area (TPSA) is 74.6 Å².